The van der Waals surface area contributed by atoms with Crippen LogP contribution in [0.4, 0.5) is 0 Å². The van der Waals surface area contributed by atoms with Crippen LogP contribution in [0.5, 0.6) is 11.5 Å². The maximum Gasteiger partial charge on any atom is 0.166 e. The van der Waals surface area contributed by atoms with Gasteiger partial charge < -0.3 is 14.8 Å². The first-order chi connectivity index (χ1) is 10.2. The molecule has 1 aliphatic carbocycles. The van der Waals surface area contributed by atoms with Crippen LogP contribution in [0.2, 0.25) is 0 Å². The summed E-state index contributed by atoms with van der Waals surface area (Å²) in [5, 5.41) is 3.47. The van der Waals surface area contributed by atoms with Gasteiger partial charge in [-0.2, -0.15) is 0 Å². The van der Waals surface area contributed by atoms with Crippen molar-refractivity contribution in [2.45, 2.75) is 30.9 Å². The second kappa shape index (κ2) is 5.55. The first-order valence-electron chi connectivity index (χ1n) is 7.15. The maximum atomic E-state index is 11.8. The van der Waals surface area contributed by atoms with Gasteiger partial charge in [-0.3, -0.25) is 4.79 Å². The number of hydrogen-bond acceptors (Lipinski definition) is 4. The molecule has 3 aliphatic rings. The molecule has 2 heterocycles. The Bertz CT molecular complexity index is 676. The van der Waals surface area contributed by atoms with E-state index in [1.54, 1.807) is 13.2 Å². The Hall–Kier alpha value is -1.04. The Labute approximate surface area is 143 Å². The summed E-state index contributed by atoms with van der Waals surface area (Å²) in [5.41, 5.74) is 2.19. The van der Waals surface area contributed by atoms with Crippen molar-refractivity contribution in [1.29, 1.82) is 0 Å². The van der Waals surface area contributed by atoms with Crippen LogP contribution in [0.25, 0.3) is 0 Å². The fourth-order valence-electron chi connectivity index (χ4n) is 3.77. The SMILES string of the molecule is COc1cc(Br)c2c3c1O[C@@H]1CC(=O)C=C[C@]31CCNC2.Cl. The van der Waals surface area contributed by atoms with Gasteiger partial charge in [-0.05, 0) is 30.7 Å². The van der Waals surface area contributed by atoms with E-state index >= 15 is 0 Å². The van der Waals surface area contributed by atoms with E-state index in [9.17, 15) is 4.79 Å². The minimum atomic E-state index is -0.209. The van der Waals surface area contributed by atoms with E-state index in [0.717, 1.165) is 35.5 Å². The average molecular weight is 387 g/mol. The standard InChI is InChI=1S/C16H16BrNO3.ClH/c1-20-12-7-11(17)10-8-18-5-4-16-3-2-9(19)6-13(16)21-15(12)14(10)16;/h2-3,7,13,18H,4-6,8H2,1H3;1H/t13-,16-;/m1./s1. The smallest absolute Gasteiger partial charge is 0.166 e. The molecule has 1 aromatic rings. The predicted molar refractivity (Wildman–Crippen MR) is 89.1 cm³/mol. The second-order valence-electron chi connectivity index (χ2n) is 5.82. The number of carbonyl (C=O) groups excluding carboxylic acids is 1. The van der Waals surface area contributed by atoms with Gasteiger partial charge in [-0.1, -0.05) is 22.0 Å². The van der Waals surface area contributed by atoms with Gasteiger partial charge in [0.1, 0.15) is 6.10 Å². The zero-order chi connectivity index (χ0) is 14.6. The van der Waals surface area contributed by atoms with E-state index in [1.165, 1.54) is 11.1 Å². The Morgan fingerprint density at radius 3 is 3.09 bits per heavy atom. The lowest BCUT2D eigenvalue weighted by Gasteiger charge is -2.33. The molecular formula is C16H17BrClNO3. The van der Waals surface area contributed by atoms with Crippen LogP contribution in [0.15, 0.2) is 22.7 Å². The number of allylic oxidation sites excluding steroid dienone is 1. The van der Waals surface area contributed by atoms with Gasteiger partial charge in [-0.15, -0.1) is 12.4 Å². The Balaban J connectivity index is 0.00000144. The Morgan fingerprint density at radius 1 is 1.50 bits per heavy atom. The average Bonchev–Trinajstić information content (AvgIpc) is 2.67. The maximum absolute atomic E-state index is 11.8. The van der Waals surface area contributed by atoms with Gasteiger partial charge in [0.2, 0.25) is 0 Å². The minimum Gasteiger partial charge on any atom is -0.493 e. The van der Waals surface area contributed by atoms with Crippen LogP contribution in [-0.2, 0) is 16.8 Å². The third-order valence-electron chi connectivity index (χ3n) is 4.79. The largest absolute Gasteiger partial charge is 0.493 e. The van der Waals surface area contributed by atoms with Crippen molar-refractivity contribution >= 4 is 34.1 Å². The number of halogens is 2. The summed E-state index contributed by atoms with van der Waals surface area (Å²) < 4.78 is 12.7. The number of hydrogen-bond donors (Lipinski definition) is 1. The summed E-state index contributed by atoms with van der Waals surface area (Å²) >= 11 is 3.66. The van der Waals surface area contributed by atoms with Crippen LogP contribution in [0, 0.1) is 0 Å². The summed E-state index contributed by atoms with van der Waals surface area (Å²) in [6.07, 6.45) is 5.02. The zero-order valence-corrected chi connectivity index (χ0v) is 14.6. The molecule has 2 atom stereocenters. The molecule has 4 rings (SSSR count). The lowest BCUT2D eigenvalue weighted by Crippen LogP contribution is -2.41. The second-order valence-corrected chi connectivity index (χ2v) is 6.68. The van der Waals surface area contributed by atoms with E-state index < -0.39 is 0 Å². The van der Waals surface area contributed by atoms with Gasteiger partial charge in [-0.25, -0.2) is 0 Å². The first-order valence-corrected chi connectivity index (χ1v) is 7.94. The normalized spacial score (nSPS) is 28.1. The minimum absolute atomic E-state index is 0. The van der Waals surface area contributed by atoms with Gasteiger partial charge >= 0.3 is 0 Å². The predicted octanol–water partition coefficient (Wildman–Crippen LogP) is 2.90. The number of ether oxygens (including phenoxy) is 2. The van der Waals surface area contributed by atoms with Crippen LogP contribution in [0.1, 0.15) is 24.0 Å². The summed E-state index contributed by atoms with van der Waals surface area (Å²) in [7, 11) is 1.65. The summed E-state index contributed by atoms with van der Waals surface area (Å²) in [6.45, 7) is 1.70. The van der Waals surface area contributed by atoms with Crippen LogP contribution in [-0.4, -0.2) is 25.5 Å². The lowest BCUT2D eigenvalue weighted by atomic mass is 9.69. The number of methoxy groups -OCH3 is 1. The van der Waals surface area contributed by atoms with Crippen LogP contribution >= 0.6 is 28.3 Å². The molecule has 118 valence electrons. The molecule has 0 bridgehead atoms. The highest BCUT2D eigenvalue weighted by atomic mass is 79.9. The van der Waals surface area contributed by atoms with Crippen molar-refractivity contribution in [1.82, 2.24) is 5.32 Å². The third-order valence-corrected chi connectivity index (χ3v) is 5.50. The first kappa shape index (κ1) is 15.8. The van der Waals surface area contributed by atoms with E-state index in [-0.39, 0.29) is 29.7 Å². The van der Waals surface area contributed by atoms with E-state index in [1.807, 2.05) is 6.07 Å². The molecule has 22 heavy (non-hydrogen) atoms. The summed E-state index contributed by atoms with van der Waals surface area (Å²) in [4.78, 5) is 11.8. The Morgan fingerprint density at radius 2 is 2.32 bits per heavy atom. The summed E-state index contributed by atoms with van der Waals surface area (Å²) in [6, 6.07) is 1.96. The third kappa shape index (κ3) is 2.02. The number of nitrogens with one attached hydrogen (secondary N) is 1. The molecule has 1 spiro atoms. The highest BCUT2D eigenvalue weighted by Gasteiger charge is 2.52. The molecule has 1 N–H and O–H groups in total. The fraction of sp³-hybridized carbons (Fsp3) is 0.438. The van der Waals surface area contributed by atoms with E-state index in [0.29, 0.717) is 6.42 Å². The van der Waals surface area contributed by atoms with E-state index in [2.05, 4.69) is 27.3 Å². The molecule has 0 saturated heterocycles. The zero-order valence-electron chi connectivity index (χ0n) is 12.1. The van der Waals surface area contributed by atoms with Gasteiger partial charge in [0.05, 0.1) is 12.5 Å². The van der Waals surface area contributed by atoms with Crippen LogP contribution < -0.4 is 14.8 Å². The van der Waals surface area contributed by atoms with Crippen molar-refractivity contribution in [3.05, 3.63) is 33.8 Å². The molecule has 0 saturated carbocycles. The van der Waals surface area contributed by atoms with Crippen molar-refractivity contribution in [3.63, 3.8) is 0 Å². The molecule has 0 amide bonds. The highest BCUT2D eigenvalue weighted by Crippen LogP contribution is 2.56. The van der Waals surface area contributed by atoms with Crippen molar-refractivity contribution in [2.75, 3.05) is 13.7 Å². The highest BCUT2D eigenvalue weighted by molar-refractivity contribution is 9.10. The summed E-state index contributed by atoms with van der Waals surface area (Å²) in [5.74, 6) is 1.68. The topological polar surface area (TPSA) is 47.6 Å². The van der Waals surface area contributed by atoms with Crippen molar-refractivity contribution in [2.24, 2.45) is 0 Å². The quantitative estimate of drug-likeness (QED) is 0.806. The fourth-order valence-corrected chi connectivity index (χ4v) is 4.32. The molecule has 2 aliphatic heterocycles. The lowest BCUT2D eigenvalue weighted by molar-refractivity contribution is -0.117. The van der Waals surface area contributed by atoms with Crippen molar-refractivity contribution in [3.8, 4) is 11.5 Å². The molecule has 0 aromatic heterocycles. The molecule has 4 nitrogen and oxygen atoms in total. The van der Waals surface area contributed by atoms with Gasteiger partial charge in [0.25, 0.3) is 0 Å². The number of carbonyl (C=O) groups is 1. The van der Waals surface area contributed by atoms with E-state index in [4.69, 9.17) is 9.47 Å². The number of ketones is 1. The molecule has 1 aromatic carbocycles. The van der Waals surface area contributed by atoms with Crippen LogP contribution in [0.3, 0.4) is 0 Å². The molecule has 6 heteroatoms. The molecule has 0 radical (unpaired) electrons. The molecule has 0 fully saturated rings. The molecular weight excluding hydrogens is 370 g/mol. The number of benzene rings is 1. The Kier molecular flexibility index (Phi) is 4.00. The monoisotopic (exact) mass is 385 g/mol. The van der Waals surface area contributed by atoms with Crippen molar-refractivity contribution < 1.29 is 14.3 Å². The van der Waals surface area contributed by atoms with Gasteiger partial charge in [0, 0.05) is 23.0 Å². The number of rotatable bonds is 1. The van der Waals surface area contributed by atoms with Gasteiger partial charge in [0.15, 0.2) is 17.3 Å². The molecule has 0 unspecified atom stereocenters.